The first-order valence-electron chi connectivity index (χ1n) is 7.77. The molecule has 4 heteroatoms. The van der Waals surface area contributed by atoms with Gasteiger partial charge in [-0.25, -0.2) is 0 Å². The number of hydrogen-bond acceptors (Lipinski definition) is 4. The van der Waals surface area contributed by atoms with Gasteiger partial charge in [0.2, 0.25) is 0 Å². The lowest BCUT2D eigenvalue weighted by Gasteiger charge is -2.42. The lowest BCUT2D eigenvalue weighted by Crippen LogP contribution is -2.50. The van der Waals surface area contributed by atoms with E-state index >= 15 is 0 Å². The Labute approximate surface area is 118 Å². The second kappa shape index (κ2) is 7.02. The van der Waals surface area contributed by atoms with Crippen LogP contribution in [0, 0.1) is 5.41 Å². The summed E-state index contributed by atoms with van der Waals surface area (Å²) in [4.78, 5) is 5.17. The number of methoxy groups -OCH3 is 1. The van der Waals surface area contributed by atoms with E-state index < -0.39 is 0 Å². The summed E-state index contributed by atoms with van der Waals surface area (Å²) in [6.45, 7) is 10.5. The number of nitrogens with one attached hydrogen (secondary N) is 1. The minimum absolute atomic E-state index is 0.372. The summed E-state index contributed by atoms with van der Waals surface area (Å²) < 4.78 is 5.55. The maximum absolute atomic E-state index is 5.55. The molecule has 0 radical (unpaired) electrons. The monoisotopic (exact) mass is 269 g/mol. The first kappa shape index (κ1) is 15.2. The van der Waals surface area contributed by atoms with Crippen LogP contribution in [0.4, 0.5) is 0 Å². The van der Waals surface area contributed by atoms with Gasteiger partial charge in [-0.05, 0) is 59.4 Å². The van der Waals surface area contributed by atoms with Gasteiger partial charge in [0.05, 0.1) is 6.61 Å². The van der Waals surface area contributed by atoms with E-state index in [1.807, 2.05) is 7.11 Å². The van der Waals surface area contributed by atoms with E-state index in [0.717, 1.165) is 19.7 Å². The van der Waals surface area contributed by atoms with E-state index in [1.165, 1.54) is 45.4 Å². The molecule has 0 aliphatic carbocycles. The van der Waals surface area contributed by atoms with Crippen LogP contribution in [0.5, 0.6) is 0 Å². The molecule has 2 heterocycles. The zero-order chi connectivity index (χ0) is 13.7. The number of likely N-dealkylation sites (N-methyl/N-ethyl adjacent to an activating group) is 1. The van der Waals surface area contributed by atoms with Crippen LogP contribution in [0.2, 0.25) is 0 Å². The fourth-order valence-electron chi connectivity index (χ4n) is 3.70. The molecule has 0 aromatic carbocycles. The summed E-state index contributed by atoms with van der Waals surface area (Å²) in [5.41, 5.74) is 0.372. The van der Waals surface area contributed by atoms with Crippen LogP contribution in [-0.4, -0.2) is 75.9 Å². The third-order valence-corrected chi connectivity index (χ3v) is 4.84. The van der Waals surface area contributed by atoms with Crippen LogP contribution in [-0.2, 0) is 4.74 Å². The lowest BCUT2D eigenvalue weighted by atomic mass is 9.79. The fraction of sp³-hybridized carbons (Fsp3) is 1.00. The highest BCUT2D eigenvalue weighted by Gasteiger charge is 2.35. The third kappa shape index (κ3) is 4.15. The van der Waals surface area contributed by atoms with Crippen LogP contribution >= 0.6 is 0 Å². The van der Waals surface area contributed by atoms with E-state index in [2.05, 4.69) is 29.1 Å². The summed E-state index contributed by atoms with van der Waals surface area (Å²) in [5.74, 6) is 0. The van der Waals surface area contributed by atoms with Crippen LogP contribution in [0.25, 0.3) is 0 Å². The molecule has 19 heavy (non-hydrogen) atoms. The zero-order valence-electron chi connectivity index (χ0n) is 13.0. The molecule has 2 aliphatic heterocycles. The molecule has 4 nitrogen and oxygen atoms in total. The molecular formula is C15H31N3O. The first-order chi connectivity index (χ1) is 9.15. The van der Waals surface area contributed by atoms with E-state index in [0.29, 0.717) is 11.5 Å². The quantitative estimate of drug-likeness (QED) is 0.825. The van der Waals surface area contributed by atoms with Gasteiger partial charge in [-0.3, -0.25) is 4.90 Å². The van der Waals surface area contributed by atoms with Crippen LogP contribution in [0.3, 0.4) is 0 Å². The van der Waals surface area contributed by atoms with Gasteiger partial charge < -0.3 is 15.0 Å². The Morgan fingerprint density at radius 3 is 2.68 bits per heavy atom. The van der Waals surface area contributed by atoms with Crippen LogP contribution < -0.4 is 5.32 Å². The van der Waals surface area contributed by atoms with Crippen LogP contribution in [0.1, 0.15) is 26.2 Å². The Morgan fingerprint density at radius 2 is 2.00 bits per heavy atom. The highest BCUT2D eigenvalue weighted by atomic mass is 16.5. The molecule has 1 unspecified atom stereocenters. The summed E-state index contributed by atoms with van der Waals surface area (Å²) >= 11 is 0. The topological polar surface area (TPSA) is 27.7 Å². The Bertz CT molecular complexity index is 261. The maximum Gasteiger partial charge on any atom is 0.0531 e. The molecule has 1 atom stereocenters. The van der Waals surface area contributed by atoms with Crippen molar-refractivity contribution in [2.45, 2.75) is 32.2 Å². The first-order valence-corrected chi connectivity index (χ1v) is 7.77. The summed E-state index contributed by atoms with van der Waals surface area (Å²) in [6.07, 6.45) is 3.79. The highest BCUT2D eigenvalue weighted by Crippen LogP contribution is 2.31. The second-order valence-electron chi connectivity index (χ2n) is 6.62. The van der Waals surface area contributed by atoms with E-state index in [9.17, 15) is 0 Å². The van der Waals surface area contributed by atoms with Gasteiger partial charge in [0.25, 0.3) is 0 Å². The van der Waals surface area contributed by atoms with Crippen molar-refractivity contribution >= 4 is 0 Å². The van der Waals surface area contributed by atoms with Crippen molar-refractivity contribution in [3.05, 3.63) is 0 Å². The average molecular weight is 269 g/mol. The van der Waals surface area contributed by atoms with Crippen LogP contribution in [0.15, 0.2) is 0 Å². The second-order valence-corrected chi connectivity index (χ2v) is 6.62. The predicted molar refractivity (Wildman–Crippen MR) is 79.6 cm³/mol. The number of ether oxygens (including phenoxy) is 1. The molecule has 0 amide bonds. The Morgan fingerprint density at radius 1 is 1.26 bits per heavy atom. The van der Waals surface area contributed by atoms with Crippen molar-refractivity contribution in [1.29, 1.82) is 0 Å². The Balaban J connectivity index is 1.98. The van der Waals surface area contributed by atoms with Crippen molar-refractivity contribution in [2.75, 3.05) is 60.0 Å². The van der Waals surface area contributed by atoms with E-state index in [1.54, 1.807) is 0 Å². The number of hydrogen-bond donors (Lipinski definition) is 1. The van der Waals surface area contributed by atoms with Crippen molar-refractivity contribution in [2.24, 2.45) is 5.41 Å². The minimum Gasteiger partial charge on any atom is -0.384 e. The van der Waals surface area contributed by atoms with E-state index in [-0.39, 0.29) is 0 Å². The summed E-state index contributed by atoms with van der Waals surface area (Å²) in [6, 6.07) is 0.663. The Kier molecular flexibility index (Phi) is 5.63. The normalized spacial score (nSPS) is 30.2. The van der Waals surface area contributed by atoms with Crippen molar-refractivity contribution < 1.29 is 4.74 Å². The number of rotatable bonds is 4. The molecule has 2 saturated heterocycles. The molecule has 1 N–H and O–H groups in total. The number of piperidine rings is 1. The molecule has 0 bridgehead atoms. The Hall–Kier alpha value is -0.160. The number of nitrogens with zero attached hydrogens (tertiary/aromatic N) is 2. The SMILES string of the molecule is COCC1(CN2CCCN(C)CC2C)CCNCC1. The summed E-state index contributed by atoms with van der Waals surface area (Å²) in [5, 5.41) is 3.48. The van der Waals surface area contributed by atoms with Gasteiger partial charge in [0.1, 0.15) is 0 Å². The van der Waals surface area contributed by atoms with Gasteiger partial charge in [-0.15, -0.1) is 0 Å². The fourth-order valence-corrected chi connectivity index (χ4v) is 3.70. The molecule has 0 spiro atoms. The van der Waals surface area contributed by atoms with Crippen molar-refractivity contribution in [3.8, 4) is 0 Å². The molecule has 2 fully saturated rings. The van der Waals surface area contributed by atoms with E-state index in [4.69, 9.17) is 4.74 Å². The van der Waals surface area contributed by atoms with Gasteiger partial charge in [-0.2, -0.15) is 0 Å². The van der Waals surface area contributed by atoms with Crippen molar-refractivity contribution in [1.82, 2.24) is 15.1 Å². The summed E-state index contributed by atoms with van der Waals surface area (Å²) in [7, 11) is 4.10. The average Bonchev–Trinajstić information content (AvgIpc) is 2.53. The molecule has 2 aliphatic rings. The van der Waals surface area contributed by atoms with Gasteiger partial charge in [0.15, 0.2) is 0 Å². The molecule has 2 rings (SSSR count). The highest BCUT2D eigenvalue weighted by molar-refractivity contribution is 4.89. The van der Waals surface area contributed by atoms with Crippen molar-refractivity contribution in [3.63, 3.8) is 0 Å². The molecule has 0 aromatic heterocycles. The molecule has 0 saturated carbocycles. The molecular weight excluding hydrogens is 238 g/mol. The minimum atomic E-state index is 0.372. The largest absolute Gasteiger partial charge is 0.384 e. The zero-order valence-corrected chi connectivity index (χ0v) is 13.0. The third-order valence-electron chi connectivity index (χ3n) is 4.84. The predicted octanol–water partition coefficient (Wildman–Crippen LogP) is 1.03. The van der Waals surface area contributed by atoms with Gasteiger partial charge in [0, 0.05) is 31.7 Å². The lowest BCUT2D eigenvalue weighted by molar-refractivity contribution is 0.0132. The molecule has 112 valence electrons. The smallest absolute Gasteiger partial charge is 0.0531 e. The van der Waals surface area contributed by atoms with Gasteiger partial charge >= 0.3 is 0 Å². The standard InChI is InChI=1S/C15H31N3O/c1-14-11-17(2)9-4-10-18(14)12-15(13-19-3)5-7-16-8-6-15/h14,16H,4-13H2,1-3H3. The molecule has 0 aromatic rings. The maximum atomic E-state index is 5.55. The van der Waals surface area contributed by atoms with Gasteiger partial charge in [-0.1, -0.05) is 0 Å².